The van der Waals surface area contributed by atoms with E-state index in [0.29, 0.717) is 0 Å². The summed E-state index contributed by atoms with van der Waals surface area (Å²) in [5, 5.41) is -0.245. The summed E-state index contributed by atoms with van der Waals surface area (Å²) in [5.41, 5.74) is 0. The third-order valence-corrected chi connectivity index (χ3v) is 1.18. The van der Waals surface area contributed by atoms with E-state index in [1.54, 1.807) is 0 Å². The Morgan fingerprint density at radius 3 is 3.11 bits per heavy atom. The summed E-state index contributed by atoms with van der Waals surface area (Å²) in [5.74, 6) is -0.961. The van der Waals surface area contributed by atoms with Gasteiger partial charge in [0.15, 0.2) is 0 Å². The Morgan fingerprint density at radius 1 is 1.78 bits per heavy atom. The van der Waals surface area contributed by atoms with Gasteiger partial charge in [0.2, 0.25) is 0 Å². The molecule has 0 aliphatic heterocycles. The van der Waals surface area contributed by atoms with Crippen LogP contribution < -0.4 is 0 Å². The second kappa shape index (κ2) is 2.62. The highest BCUT2D eigenvalue weighted by Gasteiger charge is 1.95. The molecule has 1 aromatic heterocycles. The van der Waals surface area contributed by atoms with Crippen LogP contribution in [0.1, 0.15) is 2.74 Å². The third-order valence-electron chi connectivity index (χ3n) is 0.622. The van der Waals surface area contributed by atoms with Gasteiger partial charge in [-0.25, -0.2) is 9.37 Å². The van der Waals surface area contributed by atoms with Gasteiger partial charge in [-0.3, -0.25) is 0 Å². The first kappa shape index (κ1) is 4.63. The zero-order valence-electron chi connectivity index (χ0n) is 6.08. The lowest BCUT2D eigenvalue weighted by molar-refractivity contribution is 0.624. The van der Waals surface area contributed by atoms with Crippen molar-refractivity contribution in [3.8, 4) is 0 Å². The summed E-state index contributed by atoms with van der Waals surface area (Å²) in [4.78, 5) is 3.50. The number of aromatic nitrogens is 1. The molecule has 0 amide bonds. The molecule has 0 fully saturated rings. The van der Waals surface area contributed by atoms with Gasteiger partial charge in [0, 0.05) is 12.1 Å². The Bertz CT molecular complexity index is 281. The first-order valence-electron chi connectivity index (χ1n) is 3.01. The van der Waals surface area contributed by atoms with Crippen LogP contribution >= 0.6 is 27.5 Å². The van der Waals surface area contributed by atoms with E-state index in [1.807, 2.05) is 0 Å². The van der Waals surface area contributed by atoms with Crippen molar-refractivity contribution < 1.29 is 7.13 Å². The molecular weight excluding hydrogens is 208 g/mol. The Hall–Kier alpha value is -0.150. The van der Waals surface area contributed by atoms with Crippen LogP contribution in [0.4, 0.5) is 4.39 Å². The normalized spacial score (nSPS) is 12.8. The van der Waals surface area contributed by atoms with Gasteiger partial charge in [-0.1, -0.05) is 11.6 Å². The topological polar surface area (TPSA) is 12.9 Å². The lowest BCUT2D eigenvalue weighted by Crippen LogP contribution is -1.79. The number of hydrogen-bond acceptors (Lipinski definition) is 1. The first-order chi connectivity index (χ1) is 5.04. The largest absolute Gasteiger partial charge is 0.229 e. The molecule has 0 atom stereocenters. The molecule has 0 saturated carbocycles. The lowest BCUT2D eigenvalue weighted by Gasteiger charge is -1.90. The fourth-order valence-corrected chi connectivity index (χ4v) is 0.975. The molecule has 0 aromatic carbocycles. The van der Waals surface area contributed by atoms with Crippen LogP contribution in [0, 0.1) is 5.82 Å². The van der Waals surface area contributed by atoms with Crippen molar-refractivity contribution in [2.75, 3.05) is 0 Å². The quantitative estimate of drug-likeness (QED) is 0.603. The van der Waals surface area contributed by atoms with Gasteiger partial charge in [0.05, 0.1) is 2.74 Å². The van der Waals surface area contributed by atoms with E-state index in [-0.39, 0.29) is 9.76 Å². The molecule has 1 heterocycles. The molecule has 4 heteroatoms. The fraction of sp³-hybridized carbons (Fsp3) is 0. The molecule has 0 bridgehead atoms. The standard InChI is InChI=1S/C5H2BrClFN/c6-4-1-3(8)2-5(7)9-4/h1-2H/i1D,2D. The molecule has 48 valence electrons. The average molecular weight is 212 g/mol. The molecule has 1 rings (SSSR count). The van der Waals surface area contributed by atoms with Crippen LogP contribution in [-0.4, -0.2) is 4.98 Å². The van der Waals surface area contributed by atoms with E-state index < -0.39 is 17.9 Å². The van der Waals surface area contributed by atoms with Gasteiger partial charge in [-0.15, -0.1) is 0 Å². The van der Waals surface area contributed by atoms with Crippen LogP contribution in [0.25, 0.3) is 0 Å². The molecule has 0 N–H and O–H groups in total. The maximum absolute atomic E-state index is 12.7. The monoisotopic (exact) mass is 211 g/mol. The summed E-state index contributed by atoms with van der Waals surface area (Å²) in [7, 11) is 0. The molecule has 0 aliphatic rings. The van der Waals surface area contributed by atoms with E-state index in [9.17, 15) is 4.39 Å². The van der Waals surface area contributed by atoms with Crippen molar-refractivity contribution >= 4 is 27.5 Å². The second-order valence-corrected chi connectivity index (χ2v) is 2.37. The van der Waals surface area contributed by atoms with Crippen molar-refractivity contribution in [3.63, 3.8) is 0 Å². The first-order valence-corrected chi connectivity index (χ1v) is 3.19. The van der Waals surface area contributed by atoms with E-state index in [4.69, 9.17) is 14.3 Å². The number of hydrogen-bond donors (Lipinski definition) is 0. The fourth-order valence-electron chi connectivity index (χ4n) is 0.354. The SMILES string of the molecule is [2H]c1c(Cl)nc(Br)c([2H])c1F. The minimum absolute atomic E-state index is 0.0102. The maximum atomic E-state index is 12.7. The van der Waals surface area contributed by atoms with E-state index >= 15 is 0 Å². The molecule has 0 unspecified atom stereocenters. The minimum Gasteiger partial charge on any atom is -0.229 e. The Morgan fingerprint density at radius 2 is 2.44 bits per heavy atom. The molecule has 0 spiro atoms. The molecule has 1 nitrogen and oxygen atoms in total. The van der Waals surface area contributed by atoms with Crippen molar-refractivity contribution in [2.24, 2.45) is 0 Å². The summed E-state index contributed by atoms with van der Waals surface area (Å²) < 4.78 is 26.7. The average Bonchev–Trinajstić information content (AvgIpc) is 1.97. The molecule has 0 saturated heterocycles. The Balaban J connectivity index is 3.46. The minimum atomic E-state index is -0.961. The van der Waals surface area contributed by atoms with Gasteiger partial charge >= 0.3 is 0 Å². The van der Waals surface area contributed by atoms with Gasteiger partial charge in [-0.05, 0) is 15.9 Å². The van der Waals surface area contributed by atoms with Crippen LogP contribution in [-0.2, 0) is 0 Å². The van der Waals surface area contributed by atoms with Gasteiger partial charge < -0.3 is 0 Å². The summed E-state index contributed by atoms with van der Waals surface area (Å²) >= 11 is 8.16. The molecule has 1 aromatic rings. The lowest BCUT2D eigenvalue weighted by atomic mass is 10.5. The zero-order valence-corrected chi connectivity index (χ0v) is 6.42. The molecule has 9 heavy (non-hydrogen) atoms. The van der Waals surface area contributed by atoms with Crippen molar-refractivity contribution in [1.82, 2.24) is 4.98 Å². The van der Waals surface area contributed by atoms with E-state index in [2.05, 4.69) is 20.9 Å². The van der Waals surface area contributed by atoms with E-state index in [0.717, 1.165) is 0 Å². The Kier molecular flexibility index (Phi) is 1.35. The smallest absolute Gasteiger partial charge is 0.133 e. The highest BCUT2D eigenvalue weighted by molar-refractivity contribution is 9.10. The zero-order chi connectivity index (χ0) is 8.59. The molecular formula is C5H2BrClFN. The highest BCUT2D eigenvalue weighted by Crippen LogP contribution is 2.13. The Labute approximate surface area is 67.8 Å². The number of halogens is 3. The summed E-state index contributed by atoms with van der Waals surface area (Å²) in [6, 6.07) is -0.987. The van der Waals surface area contributed by atoms with Crippen LogP contribution in [0.2, 0.25) is 5.15 Å². The van der Waals surface area contributed by atoms with E-state index in [1.165, 1.54) is 0 Å². The maximum Gasteiger partial charge on any atom is 0.133 e. The molecule has 0 radical (unpaired) electrons. The van der Waals surface area contributed by atoms with Crippen LogP contribution in [0.3, 0.4) is 0 Å². The predicted molar refractivity (Wildman–Crippen MR) is 36.9 cm³/mol. The number of nitrogens with zero attached hydrogens (tertiary/aromatic N) is 1. The van der Waals surface area contributed by atoms with Crippen molar-refractivity contribution in [1.29, 1.82) is 0 Å². The number of pyridine rings is 1. The summed E-state index contributed by atoms with van der Waals surface area (Å²) in [6.07, 6.45) is 0. The van der Waals surface area contributed by atoms with Gasteiger partial charge in [0.25, 0.3) is 0 Å². The van der Waals surface area contributed by atoms with Crippen LogP contribution in [0.15, 0.2) is 16.7 Å². The van der Waals surface area contributed by atoms with Crippen molar-refractivity contribution in [2.45, 2.75) is 0 Å². The summed E-state index contributed by atoms with van der Waals surface area (Å²) in [6.45, 7) is 0. The molecule has 0 aliphatic carbocycles. The van der Waals surface area contributed by atoms with Crippen molar-refractivity contribution in [3.05, 3.63) is 27.7 Å². The van der Waals surface area contributed by atoms with Crippen LogP contribution in [0.5, 0.6) is 0 Å². The van der Waals surface area contributed by atoms with Gasteiger partial charge in [-0.2, -0.15) is 0 Å². The number of rotatable bonds is 0. The highest BCUT2D eigenvalue weighted by atomic mass is 79.9. The second-order valence-electron chi connectivity index (χ2n) is 1.26. The predicted octanol–water partition coefficient (Wildman–Crippen LogP) is 2.64. The third kappa shape index (κ3) is 1.91. The van der Waals surface area contributed by atoms with Gasteiger partial charge in [0.1, 0.15) is 15.6 Å².